The number of rotatable bonds is 2. The summed E-state index contributed by atoms with van der Waals surface area (Å²) in [7, 11) is 1.69. The average molecular weight is 385 g/mol. The number of phenolic OH excluding ortho intramolecular Hbond substituents is 1. The van der Waals surface area contributed by atoms with Crippen LogP contribution in [0.25, 0.3) is 21.7 Å². The summed E-state index contributed by atoms with van der Waals surface area (Å²) >= 11 is 0. The molecule has 144 valence electrons. The normalized spacial score (nSPS) is 16.2. The van der Waals surface area contributed by atoms with Gasteiger partial charge in [0.05, 0.1) is 17.3 Å². The molecule has 29 heavy (non-hydrogen) atoms. The van der Waals surface area contributed by atoms with E-state index in [1.807, 2.05) is 42.5 Å². The minimum absolute atomic E-state index is 0.0629. The van der Waals surface area contributed by atoms with Crippen molar-refractivity contribution in [2.24, 2.45) is 12.1 Å². The Morgan fingerprint density at radius 3 is 2.55 bits per heavy atom. The van der Waals surface area contributed by atoms with E-state index in [9.17, 15) is 15.0 Å². The Bertz CT molecular complexity index is 1370. The first-order valence-electron chi connectivity index (χ1n) is 9.40. The van der Waals surface area contributed by atoms with E-state index in [-0.39, 0.29) is 28.7 Å². The van der Waals surface area contributed by atoms with Gasteiger partial charge in [0.1, 0.15) is 17.1 Å². The fourth-order valence-electron chi connectivity index (χ4n) is 4.15. The number of nitrogens with one attached hydrogen (secondary N) is 1. The van der Waals surface area contributed by atoms with Crippen molar-refractivity contribution in [2.75, 3.05) is 0 Å². The summed E-state index contributed by atoms with van der Waals surface area (Å²) in [4.78, 5) is 13.0. The Kier molecular flexibility index (Phi) is 3.81. The lowest BCUT2D eigenvalue weighted by atomic mass is 9.93. The molecule has 0 amide bonds. The first-order chi connectivity index (χ1) is 14.1. The van der Waals surface area contributed by atoms with Crippen molar-refractivity contribution in [3.8, 4) is 11.5 Å². The summed E-state index contributed by atoms with van der Waals surface area (Å²) in [6.07, 6.45) is 0.378. The fourth-order valence-corrected chi connectivity index (χ4v) is 4.15. The second kappa shape index (κ2) is 6.38. The average Bonchev–Trinajstić information content (AvgIpc) is 3.21. The number of hydrazone groups is 1. The summed E-state index contributed by atoms with van der Waals surface area (Å²) in [6.45, 7) is 0. The van der Waals surface area contributed by atoms with Gasteiger partial charge < -0.3 is 20.2 Å². The number of hydrogen-bond donors (Lipinski definition) is 3. The van der Waals surface area contributed by atoms with Gasteiger partial charge >= 0.3 is 0 Å². The highest BCUT2D eigenvalue weighted by Gasteiger charge is 2.29. The van der Waals surface area contributed by atoms with Crippen molar-refractivity contribution in [1.82, 2.24) is 9.99 Å². The van der Waals surface area contributed by atoms with Crippen LogP contribution in [0.3, 0.4) is 0 Å². The van der Waals surface area contributed by atoms with Crippen LogP contribution in [-0.4, -0.2) is 20.5 Å². The summed E-state index contributed by atoms with van der Waals surface area (Å²) in [5.41, 5.74) is 4.81. The molecule has 2 heterocycles. The predicted octanol–water partition coefficient (Wildman–Crippen LogP) is 3.54. The number of phenols is 1. The summed E-state index contributed by atoms with van der Waals surface area (Å²) in [6, 6.07) is 18.3. The standard InChI is InChI=1S/C23H19N3O3/c1-26-18-9-5-4-8-15(18)22(28)21(23(26)29)17-12-16(24-25-17)20-14-7-3-2-6-13(14)10-11-19(20)27/h2-11,16,24,27-28H,12H2,1H3/t16-/m0/s1. The third-order valence-electron chi connectivity index (χ3n) is 5.61. The number of aromatic hydroxyl groups is 2. The maximum absolute atomic E-state index is 13.0. The molecule has 0 unspecified atom stereocenters. The molecule has 1 aliphatic rings. The zero-order valence-corrected chi connectivity index (χ0v) is 15.8. The molecule has 3 N–H and O–H groups in total. The molecule has 0 radical (unpaired) electrons. The number of aryl methyl sites for hydroxylation is 1. The van der Waals surface area contributed by atoms with E-state index in [4.69, 9.17) is 0 Å². The van der Waals surface area contributed by atoms with Crippen molar-refractivity contribution in [3.05, 3.63) is 82.1 Å². The van der Waals surface area contributed by atoms with Crippen LogP contribution in [-0.2, 0) is 7.05 Å². The van der Waals surface area contributed by atoms with E-state index in [0.29, 0.717) is 23.0 Å². The molecule has 5 rings (SSSR count). The van der Waals surface area contributed by atoms with Gasteiger partial charge in [-0.25, -0.2) is 0 Å². The van der Waals surface area contributed by atoms with Gasteiger partial charge in [-0.15, -0.1) is 0 Å². The first kappa shape index (κ1) is 17.3. The zero-order valence-electron chi connectivity index (χ0n) is 15.8. The molecule has 0 spiro atoms. The van der Waals surface area contributed by atoms with E-state index in [1.54, 1.807) is 25.2 Å². The van der Waals surface area contributed by atoms with Gasteiger partial charge in [-0.1, -0.05) is 42.5 Å². The minimum atomic E-state index is -0.301. The third-order valence-corrected chi connectivity index (χ3v) is 5.61. The van der Waals surface area contributed by atoms with Gasteiger partial charge in [0.25, 0.3) is 5.56 Å². The highest BCUT2D eigenvalue weighted by atomic mass is 16.3. The number of para-hydroxylation sites is 1. The van der Waals surface area contributed by atoms with Crippen LogP contribution in [0.15, 0.2) is 70.6 Å². The smallest absolute Gasteiger partial charge is 0.263 e. The van der Waals surface area contributed by atoms with Crippen LogP contribution in [0.5, 0.6) is 11.5 Å². The first-order valence-corrected chi connectivity index (χ1v) is 9.40. The fraction of sp³-hybridized carbons (Fsp3) is 0.130. The van der Waals surface area contributed by atoms with Gasteiger partial charge in [-0.2, -0.15) is 5.10 Å². The highest BCUT2D eigenvalue weighted by Crippen LogP contribution is 2.37. The lowest BCUT2D eigenvalue weighted by Crippen LogP contribution is -2.24. The molecule has 1 aromatic heterocycles. The third kappa shape index (κ3) is 2.56. The number of nitrogens with zero attached hydrogens (tertiary/aromatic N) is 2. The molecule has 0 bridgehead atoms. The van der Waals surface area contributed by atoms with Crippen LogP contribution in [0, 0.1) is 0 Å². The minimum Gasteiger partial charge on any atom is -0.508 e. The number of aromatic nitrogens is 1. The van der Waals surface area contributed by atoms with E-state index < -0.39 is 0 Å². The Hall–Kier alpha value is -3.80. The number of benzene rings is 3. The highest BCUT2D eigenvalue weighted by molar-refractivity contribution is 6.07. The number of fused-ring (bicyclic) bond motifs is 2. The molecule has 6 heteroatoms. The predicted molar refractivity (Wildman–Crippen MR) is 113 cm³/mol. The Balaban J connectivity index is 1.61. The van der Waals surface area contributed by atoms with Crippen molar-refractivity contribution < 1.29 is 10.2 Å². The van der Waals surface area contributed by atoms with Gasteiger partial charge in [-0.05, 0) is 29.0 Å². The molecule has 6 nitrogen and oxygen atoms in total. The quantitative estimate of drug-likeness (QED) is 0.493. The second-order valence-electron chi connectivity index (χ2n) is 7.27. The molecule has 0 fully saturated rings. The molecule has 0 saturated heterocycles. The van der Waals surface area contributed by atoms with E-state index >= 15 is 0 Å². The summed E-state index contributed by atoms with van der Waals surface area (Å²) in [5, 5.41) is 28.2. The molecule has 0 saturated carbocycles. The largest absolute Gasteiger partial charge is 0.508 e. The van der Waals surface area contributed by atoms with Crippen molar-refractivity contribution in [1.29, 1.82) is 0 Å². The topological polar surface area (TPSA) is 86.9 Å². The lowest BCUT2D eigenvalue weighted by molar-refractivity contribution is 0.457. The molecule has 1 aliphatic heterocycles. The van der Waals surface area contributed by atoms with Crippen LogP contribution >= 0.6 is 0 Å². The molecule has 1 atom stereocenters. The van der Waals surface area contributed by atoms with Gasteiger partial charge in [0.15, 0.2) is 0 Å². The Labute approximate surface area is 166 Å². The van der Waals surface area contributed by atoms with Crippen LogP contribution < -0.4 is 11.0 Å². The molecule has 4 aromatic rings. The van der Waals surface area contributed by atoms with Crippen molar-refractivity contribution in [3.63, 3.8) is 0 Å². The number of hydrogen-bond acceptors (Lipinski definition) is 5. The maximum Gasteiger partial charge on any atom is 0.263 e. The van der Waals surface area contributed by atoms with Crippen LogP contribution in [0.2, 0.25) is 0 Å². The van der Waals surface area contributed by atoms with Crippen molar-refractivity contribution >= 4 is 27.4 Å². The second-order valence-corrected chi connectivity index (χ2v) is 7.27. The van der Waals surface area contributed by atoms with E-state index in [0.717, 1.165) is 16.3 Å². The van der Waals surface area contributed by atoms with Crippen LogP contribution in [0.4, 0.5) is 0 Å². The molecular formula is C23H19N3O3. The van der Waals surface area contributed by atoms with Gasteiger partial charge in [0, 0.05) is 24.4 Å². The van der Waals surface area contributed by atoms with E-state index in [1.165, 1.54) is 4.57 Å². The summed E-state index contributed by atoms with van der Waals surface area (Å²) in [5.74, 6) is 0.111. The molecule has 3 aromatic carbocycles. The Morgan fingerprint density at radius 1 is 1.00 bits per heavy atom. The number of pyridine rings is 1. The van der Waals surface area contributed by atoms with Gasteiger partial charge in [0.2, 0.25) is 0 Å². The SMILES string of the molecule is Cn1c(=O)c(C2=NN[C@H](c3c(O)ccc4ccccc34)C2)c(O)c2ccccc21. The summed E-state index contributed by atoms with van der Waals surface area (Å²) < 4.78 is 1.52. The van der Waals surface area contributed by atoms with Gasteiger partial charge in [-0.3, -0.25) is 4.79 Å². The van der Waals surface area contributed by atoms with Crippen LogP contribution in [0.1, 0.15) is 23.6 Å². The lowest BCUT2D eigenvalue weighted by Gasteiger charge is -2.16. The maximum atomic E-state index is 13.0. The van der Waals surface area contributed by atoms with E-state index in [2.05, 4.69) is 10.5 Å². The van der Waals surface area contributed by atoms with Crippen molar-refractivity contribution in [2.45, 2.75) is 12.5 Å². The zero-order chi connectivity index (χ0) is 20.1. The monoisotopic (exact) mass is 385 g/mol. The Morgan fingerprint density at radius 2 is 1.72 bits per heavy atom. The molecule has 0 aliphatic carbocycles. The molecular weight excluding hydrogens is 366 g/mol.